The normalized spacial score (nSPS) is 11.7. The fourth-order valence-electron chi connectivity index (χ4n) is 3.46. The van der Waals surface area contributed by atoms with Crippen molar-refractivity contribution < 1.29 is 19.1 Å². The van der Waals surface area contributed by atoms with E-state index in [0.717, 1.165) is 34.0 Å². The molecule has 0 aliphatic carbocycles. The molecule has 0 atom stereocenters. The molecule has 1 aromatic heterocycles. The maximum atomic E-state index is 12.5. The fraction of sp³-hybridized carbons (Fsp3) is 0.429. The van der Waals surface area contributed by atoms with Gasteiger partial charge in [0, 0.05) is 24.9 Å². The van der Waals surface area contributed by atoms with Gasteiger partial charge in [-0.1, -0.05) is 30.7 Å². The summed E-state index contributed by atoms with van der Waals surface area (Å²) in [5.74, 6) is -0.703. The summed E-state index contributed by atoms with van der Waals surface area (Å²) >= 11 is 6.51. The van der Waals surface area contributed by atoms with Crippen molar-refractivity contribution in [3.05, 3.63) is 40.1 Å². The molecule has 2 aromatic rings. The van der Waals surface area contributed by atoms with Gasteiger partial charge in [-0.2, -0.15) is 0 Å². The maximum Gasteiger partial charge on any atom is 0.354 e. The average Bonchev–Trinajstić information content (AvgIpc) is 2.90. The highest BCUT2D eigenvalue weighted by Crippen LogP contribution is 2.37. The minimum Gasteiger partial charge on any atom is -0.466 e. The van der Waals surface area contributed by atoms with E-state index >= 15 is 0 Å². The molecule has 6 heteroatoms. The van der Waals surface area contributed by atoms with Crippen molar-refractivity contribution in [1.29, 1.82) is 0 Å². The van der Waals surface area contributed by atoms with Crippen molar-refractivity contribution in [3.63, 3.8) is 0 Å². The number of aryl methyl sites for hydroxylation is 2. The first-order valence-corrected chi connectivity index (χ1v) is 9.39. The van der Waals surface area contributed by atoms with E-state index in [0.29, 0.717) is 30.2 Å². The Hall–Kier alpha value is -2.27. The number of carbonyl (C=O) groups excluding carboxylic acids is 2. The molecule has 0 aliphatic rings. The minimum atomic E-state index is -0.393. The zero-order valence-corrected chi connectivity index (χ0v) is 17.3. The van der Waals surface area contributed by atoms with Gasteiger partial charge in [0.15, 0.2) is 0 Å². The number of hydrogen-bond acceptors (Lipinski definition) is 4. The molecule has 146 valence electrons. The Labute approximate surface area is 164 Å². The molecule has 2 rings (SSSR count). The van der Waals surface area contributed by atoms with Crippen LogP contribution in [0.15, 0.2) is 18.2 Å². The van der Waals surface area contributed by atoms with Crippen LogP contribution in [0.1, 0.15) is 55.2 Å². The van der Waals surface area contributed by atoms with Crippen molar-refractivity contribution in [1.82, 2.24) is 4.57 Å². The Bertz CT molecular complexity index is 895. The predicted octanol–water partition coefficient (Wildman–Crippen LogP) is 4.93. The van der Waals surface area contributed by atoms with E-state index in [4.69, 9.17) is 21.1 Å². The SMILES string of the molecule is CC/C=C(/C)c1c(Cl)ccc2c(CCCOC(C)=O)c(C(=O)OC)n(C)c12. The van der Waals surface area contributed by atoms with Gasteiger partial charge in [-0.3, -0.25) is 4.79 Å². The van der Waals surface area contributed by atoms with E-state index in [2.05, 4.69) is 13.0 Å². The summed E-state index contributed by atoms with van der Waals surface area (Å²) in [6, 6.07) is 3.80. The Kier molecular flexibility index (Phi) is 7.08. The lowest BCUT2D eigenvalue weighted by Gasteiger charge is -2.10. The van der Waals surface area contributed by atoms with E-state index < -0.39 is 5.97 Å². The van der Waals surface area contributed by atoms with Crippen LogP contribution in [0.25, 0.3) is 16.5 Å². The van der Waals surface area contributed by atoms with Gasteiger partial charge < -0.3 is 14.0 Å². The molecule has 0 fully saturated rings. The number of ether oxygens (including phenoxy) is 2. The summed E-state index contributed by atoms with van der Waals surface area (Å²) < 4.78 is 11.9. The highest BCUT2D eigenvalue weighted by Gasteiger charge is 2.24. The molecule has 0 N–H and O–H groups in total. The number of carbonyl (C=O) groups is 2. The van der Waals surface area contributed by atoms with E-state index in [1.807, 2.05) is 30.7 Å². The summed E-state index contributed by atoms with van der Waals surface area (Å²) in [5.41, 5.74) is 4.29. The molecular weight excluding hydrogens is 366 g/mol. The third-order valence-corrected chi connectivity index (χ3v) is 4.88. The molecule has 1 heterocycles. The van der Waals surface area contributed by atoms with Crippen molar-refractivity contribution in [2.45, 2.75) is 40.0 Å². The Morgan fingerprint density at radius 2 is 1.96 bits per heavy atom. The molecule has 0 amide bonds. The lowest BCUT2D eigenvalue weighted by atomic mass is 10.00. The van der Waals surface area contributed by atoms with Crippen molar-refractivity contribution >= 4 is 40.0 Å². The second-order valence-electron chi connectivity index (χ2n) is 6.44. The highest BCUT2D eigenvalue weighted by molar-refractivity contribution is 6.33. The van der Waals surface area contributed by atoms with Gasteiger partial charge in [0.2, 0.25) is 0 Å². The number of aromatic nitrogens is 1. The third-order valence-electron chi connectivity index (χ3n) is 4.57. The zero-order valence-electron chi connectivity index (χ0n) is 16.5. The first kappa shape index (κ1) is 21.0. The maximum absolute atomic E-state index is 12.5. The van der Waals surface area contributed by atoms with Gasteiger partial charge in [-0.25, -0.2) is 4.79 Å². The summed E-state index contributed by atoms with van der Waals surface area (Å²) in [7, 11) is 3.22. The van der Waals surface area contributed by atoms with Gasteiger partial charge in [0.25, 0.3) is 0 Å². The van der Waals surface area contributed by atoms with Crippen LogP contribution in [-0.4, -0.2) is 30.2 Å². The number of nitrogens with zero attached hydrogens (tertiary/aromatic N) is 1. The number of esters is 2. The molecular formula is C21H26ClNO4. The number of allylic oxidation sites excluding steroid dienone is 2. The van der Waals surface area contributed by atoms with Crippen molar-refractivity contribution in [2.24, 2.45) is 7.05 Å². The molecule has 1 aromatic carbocycles. The van der Waals surface area contributed by atoms with E-state index in [1.165, 1.54) is 14.0 Å². The van der Waals surface area contributed by atoms with Crippen molar-refractivity contribution in [3.8, 4) is 0 Å². The summed E-state index contributed by atoms with van der Waals surface area (Å²) in [6.45, 7) is 5.79. The highest BCUT2D eigenvalue weighted by atomic mass is 35.5. The smallest absolute Gasteiger partial charge is 0.354 e. The number of fused-ring (bicyclic) bond motifs is 1. The number of rotatable bonds is 7. The molecule has 5 nitrogen and oxygen atoms in total. The zero-order chi connectivity index (χ0) is 20.1. The molecule has 0 spiro atoms. The van der Waals surface area contributed by atoms with Crippen LogP contribution in [-0.2, 0) is 27.7 Å². The lowest BCUT2D eigenvalue weighted by Crippen LogP contribution is -2.11. The molecule has 0 saturated heterocycles. The largest absolute Gasteiger partial charge is 0.466 e. The summed E-state index contributed by atoms with van der Waals surface area (Å²) in [5, 5.41) is 1.61. The summed E-state index contributed by atoms with van der Waals surface area (Å²) in [6.07, 6.45) is 4.21. The van der Waals surface area contributed by atoms with E-state index in [9.17, 15) is 9.59 Å². The topological polar surface area (TPSA) is 57.5 Å². The van der Waals surface area contributed by atoms with Crippen LogP contribution in [0.2, 0.25) is 5.02 Å². The molecule has 0 bridgehead atoms. The first-order valence-electron chi connectivity index (χ1n) is 9.02. The monoisotopic (exact) mass is 391 g/mol. The first-order chi connectivity index (χ1) is 12.8. The van der Waals surface area contributed by atoms with Crippen molar-refractivity contribution in [2.75, 3.05) is 13.7 Å². The lowest BCUT2D eigenvalue weighted by molar-refractivity contribution is -0.141. The predicted molar refractivity (Wildman–Crippen MR) is 108 cm³/mol. The molecule has 0 aliphatic heterocycles. The van der Waals surface area contributed by atoms with Gasteiger partial charge in [0.1, 0.15) is 5.69 Å². The van der Waals surface area contributed by atoms with Gasteiger partial charge >= 0.3 is 11.9 Å². The van der Waals surface area contributed by atoms with Gasteiger partial charge in [0.05, 0.1) is 24.3 Å². The quantitative estimate of drug-likeness (QED) is 0.496. The Balaban J connectivity index is 2.66. The van der Waals surface area contributed by atoms with Gasteiger partial charge in [-0.05, 0) is 43.4 Å². The number of methoxy groups -OCH3 is 1. The number of halogens is 1. The fourth-order valence-corrected chi connectivity index (χ4v) is 3.76. The molecule has 0 radical (unpaired) electrons. The summed E-state index contributed by atoms with van der Waals surface area (Å²) in [4.78, 5) is 23.5. The van der Waals surface area contributed by atoms with Crippen LogP contribution in [0, 0.1) is 0 Å². The van der Waals surface area contributed by atoms with Crippen LogP contribution < -0.4 is 0 Å². The standard InChI is InChI=1S/C21H26ClNO4/c1-6-8-13(2)18-17(22)11-10-16-15(9-7-12-27-14(3)24)20(21(25)26-5)23(4)19(16)18/h8,10-11H,6-7,9,12H2,1-5H3/b13-8-. The Morgan fingerprint density at radius 1 is 1.26 bits per heavy atom. The van der Waals surface area contributed by atoms with Crippen LogP contribution in [0.5, 0.6) is 0 Å². The average molecular weight is 392 g/mol. The Morgan fingerprint density at radius 3 is 2.56 bits per heavy atom. The van der Waals surface area contributed by atoms with Crippen LogP contribution >= 0.6 is 11.6 Å². The van der Waals surface area contributed by atoms with Crippen LogP contribution in [0.3, 0.4) is 0 Å². The molecule has 27 heavy (non-hydrogen) atoms. The van der Waals surface area contributed by atoms with E-state index in [-0.39, 0.29) is 5.97 Å². The second kappa shape index (κ2) is 9.09. The molecule has 0 unspecified atom stereocenters. The van der Waals surface area contributed by atoms with E-state index in [1.54, 1.807) is 0 Å². The van der Waals surface area contributed by atoms with Crippen LogP contribution in [0.4, 0.5) is 0 Å². The third kappa shape index (κ3) is 4.35. The number of hydrogen-bond donors (Lipinski definition) is 0. The minimum absolute atomic E-state index is 0.307. The number of benzene rings is 1. The second-order valence-corrected chi connectivity index (χ2v) is 6.84. The molecule has 0 saturated carbocycles. The van der Waals surface area contributed by atoms with Gasteiger partial charge in [-0.15, -0.1) is 0 Å².